The molecule has 2 aromatic carbocycles. The van der Waals surface area contributed by atoms with Crippen molar-refractivity contribution in [1.82, 2.24) is 10.9 Å². The van der Waals surface area contributed by atoms with Crippen LogP contribution in [0.5, 0.6) is 5.75 Å². The van der Waals surface area contributed by atoms with Crippen molar-refractivity contribution >= 4 is 11.8 Å². The molecule has 2 rings (SSSR count). The lowest BCUT2D eigenvalue weighted by Gasteiger charge is -2.15. The highest BCUT2D eigenvalue weighted by atomic mass is 16.5. The van der Waals surface area contributed by atoms with E-state index in [1.54, 1.807) is 0 Å². The van der Waals surface area contributed by atoms with Gasteiger partial charge < -0.3 is 4.74 Å². The maximum atomic E-state index is 12.0. The second-order valence-electron chi connectivity index (χ2n) is 6.68. The first kappa shape index (κ1) is 19.5. The van der Waals surface area contributed by atoms with Gasteiger partial charge in [-0.05, 0) is 48.1 Å². The summed E-state index contributed by atoms with van der Waals surface area (Å²) in [5.74, 6) is 0.314. The molecule has 5 nitrogen and oxygen atoms in total. The summed E-state index contributed by atoms with van der Waals surface area (Å²) in [5, 5.41) is 0. The first-order chi connectivity index (χ1) is 12.4. The fraction of sp³-hybridized carbons (Fsp3) is 0.333. The lowest BCUT2D eigenvalue weighted by Crippen LogP contribution is -2.44. The predicted molar refractivity (Wildman–Crippen MR) is 102 cm³/mol. The van der Waals surface area contributed by atoms with Gasteiger partial charge in [-0.2, -0.15) is 0 Å². The fourth-order valence-corrected chi connectivity index (χ4v) is 2.59. The van der Waals surface area contributed by atoms with Crippen molar-refractivity contribution in [1.29, 1.82) is 0 Å². The van der Waals surface area contributed by atoms with E-state index < -0.39 is 5.91 Å². The standard InChI is InChI=1S/C21H26N2O3/c1-14(2)18-10-9-15(3)11-19(18)26-13-21(25)23-22-20(24)12-17-8-6-5-7-16(17)4/h5-11,14H,12-13H2,1-4H3,(H,22,24)(H,23,25). The van der Waals surface area contributed by atoms with Crippen molar-refractivity contribution < 1.29 is 14.3 Å². The summed E-state index contributed by atoms with van der Waals surface area (Å²) in [6, 6.07) is 13.6. The Hall–Kier alpha value is -2.82. The quantitative estimate of drug-likeness (QED) is 0.783. The van der Waals surface area contributed by atoms with Crippen molar-refractivity contribution in [2.24, 2.45) is 0 Å². The Morgan fingerprint density at radius 2 is 1.69 bits per heavy atom. The predicted octanol–water partition coefficient (Wildman–Crippen LogP) is 3.20. The number of nitrogens with one attached hydrogen (secondary N) is 2. The summed E-state index contributed by atoms with van der Waals surface area (Å²) in [6.45, 7) is 7.91. The van der Waals surface area contributed by atoms with Crippen LogP contribution in [0.2, 0.25) is 0 Å². The van der Waals surface area contributed by atoms with Gasteiger partial charge in [0.2, 0.25) is 5.91 Å². The van der Waals surface area contributed by atoms with Crippen LogP contribution in [0, 0.1) is 13.8 Å². The molecule has 0 aliphatic heterocycles. The number of ether oxygens (including phenoxy) is 1. The van der Waals surface area contributed by atoms with Gasteiger partial charge in [0.25, 0.3) is 5.91 Å². The van der Waals surface area contributed by atoms with E-state index in [-0.39, 0.29) is 18.9 Å². The average Bonchev–Trinajstić information content (AvgIpc) is 2.60. The highest BCUT2D eigenvalue weighted by Gasteiger charge is 2.11. The molecule has 0 aliphatic carbocycles. The second kappa shape index (κ2) is 9.04. The van der Waals surface area contributed by atoms with Crippen LogP contribution in [0.1, 0.15) is 42.0 Å². The molecule has 0 aliphatic rings. The zero-order valence-electron chi connectivity index (χ0n) is 15.8. The molecule has 0 aromatic heterocycles. The second-order valence-corrected chi connectivity index (χ2v) is 6.68. The minimum atomic E-state index is -0.403. The third-order valence-electron chi connectivity index (χ3n) is 4.10. The number of hydrogen-bond acceptors (Lipinski definition) is 3. The maximum Gasteiger partial charge on any atom is 0.276 e. The van der Waals surface area contributed by atoms with Crippen LogP contribution in [-0.2, 0) is 16.0 Å². The highest BCUT2D eigenvalue weighted by Crippen LogP contribution is 2.27. The Balaban J connectivity index is 1.83. The first-order valence-corrected chi connectivity index (χ1v) is 8.72. The fourth-order valence-electron chi connectivity index (χ4n) is 2.59. The number of benzene rings is 2. The van der Waals surface area contributed by atoms with Gasteiger partial charge in [0, 0.05) is 0 Å². The number of amides is 2. The Bertz CT molecular complexity index is 785. The van der Waals surface area contributed by atoms with E-state index >= 15 is 0 Å². The molecule has 2 amide bonds. The SMILES string of the molecule is Cc1ccc(C(C)C)c(OCC(=O)NNC(=O)Cc2ccccc2C)c1. The van der Waals surface area contributed by atoms with E-state index in [1.807, 2.05) is 56.3 Å². The van der Waals surface area contributed by atoms with Gasteiger partial charge in [0.05, 0.1) is 6.42 Å². The molecule has 0 bridgehead atoms. The topological polar surface area (TPSA) is 67.4 Å². The number of hydrogen-bond donors (Lipinski definition) is 2. The molecule has 0 heterocycles. The van der Waals surface area contributed by atoms with Crippen LogP contribution < -0.4 is 15.6 Å². The molecule has 0 atom stereocenters. The summed E-state index contributed by atoms with van der Waals surface area (Å²) in [4.78, 5) is 23.9. The Labute approximate surface area is 154 Å². The lowest BCUT2D eigenvalue weighted by molar-refractivity contribution is -0.129. The van der Waals surface area contributed by atoms with E-state index in [4.69, 9.17) is 4.74 Å². The number of carbonyl (C=O) groups excluding carboxylic acids is 2. The number of hydrazine groups is 1. The van der Waals surface area contributed by atoms with Crippen LogP contribution in [0.15, 0.2) is 42.5 Å². The van der Waals surface area contributed by atoms with Gasteiger partial charge in [-0.25, -0.2) is 0 Å². The van der Waals surface area contributed by atoms with Gasteiger partial charge in [-0.1, -0.05) is 50.2 Å². The van der Waals surface area contributed by atoms with E-state index in [0.29, 0.717) is 11.7 Å². The van der Waals surface area contributed by atoms with Crippen molar-refractivity contribution in [2.45, 2.75) is 40.0 Å². The van der Waals surface area contributed by atoms with E-state index in [0.717, 1.165) is 22.3 Å². The van der Waals surface area contributed by atoms with Gasteiger partial charge in [-0.15, -0.1) is 0 Å². The van der Waals surface area contributed by atoms with Crippen LogP contribution >= 0.6 is 0 Å². The number of rotatable bonds is 6. The Morgan fingerprint density at radius 3 is 2.38 bits per heavy atom. The molecule has 0 unspecified atom stereocenters. The van der Waals surface area contributed by atoms with Crippen molar-refractivity contribution in [3.05, 3.63) is 64.7 Å². The molecule has 2 N–H and O–H groups in total. The third kappa shape index (κ3) is 5.62. The summed E-state index contributed by atoms with van der Waals surface area (Å²) < 4.78 is 5.65. The van der Waals surface area contributed by atoms with Crippen LogP contribution in [0.3, 0.4) is 0 Å². The van der Waals surface area contributed by atoms with Crippen LogP contribution in [-0.4, -0.2) is 18.4 Å². The molecule has 0 saturated carbocycles. The minimum Gasteiger partial charge on any atom is -0.483 e. The molecular weight excluding hydrogens is 328 g/mol. The van der Waals surface area contributed by atoms with Gasteiger partial charge in [0.1, 0.15) is 5.75 Å². The molecule has 0 fully saturated rings. The molecule has 0 spiro atoms. The third-order valence-corrected chi connectivity index (χ3v) is 4.10. The Morgan fingerprint density at radius 1 is 1.00 bits per heavy atom. The number of carbonyl (C=O) groups is 2. The van der Waals surface area contributed by atoms with Crippen LogP contribution in [0.25, 0.3) is 0 Å². The van der Waals surface area contributed by atoms with Gasteiger partial charge in [0.15, 0.2) is 6.61 Å². The summed E-state index contributed by atoms with van der Waals surface area (Å²) in [7, 11) is 0. The van der Waals surface area contributed by atoms with E-state index in [2.05, 4.69) is 24.7 Å². The normalized spacial score (nSPS) is 10.5. The van der Waals surface area contributed by atoms with Crippen molar-refractivity contribution in [3.8, 4) is 5.75 Å². The minimum absolute atomic E-state index is 0.159. The van der Waals surface area contributed by atoms with E-state index in [9.17, 15) is 9.59 Å². The average molecular weight is 354 g/mol. The van der Waals surface area contributed by atoms with Crippen molar-refractivity contribution in [2.75, 3.05) is 6.61 Å². The van der Waals surface area contributed by atoms with E-state index in [1.165, 1.54) is 0 Å². The molecular formula is C21H26N2O3. The summed E-state index contributed by atoms with van der Waals surface area (Å²) in [5.41, 5.74) is 8.90. The molecule has 0 radical (unpaired) electrons. The smallest absolute Gasteiger partial charge is 0.276 e. The molecule has 0 saturated heterocycles. The summed E-state index contributed by atoms with van der Waals surface area (Å²) >= 11 is 0. The van der Waals surface area contributed by atoms with Gasteiger partial charge in [-0.3, -0.25) is 20.4 Å². The van der Waals surface area contributed by atoms with Crippen molar-refractivity contribution in [3.63, 3.8) is 0 Å². The first-order valence-electron chi connectivity index (χ1n) is 8.72. The highest BCUT2D eigenvalue weighted by molar-refractivity contribution is 5.84. The molecule has 138 valence electrons. The maximum absolute atomic E-state index is 12.0. The summed E-state index contributed by atoms with van der Waals surface area (Å²) in [6.07, 6.45) is 0.211. The zero-order valence-corrected chi connectivity index (χ0v) is 15.8. The number of aryl methyl sites for hydroxylation is 2. The van der Waals surface area contributed by atoms with Gasteiger partial charge >= 0.3 is 0 Å². The van der Waals surface area contributed by atoms with Crippen LogP contribution in [0.4, 0.5) is 0 Å². The monoisotopic (exact) mass is 354 g/mol. The molecule has 5 heteroatoms. The molecule has 26 heavy (non-hydrogen) atoms. The molecule has 2 aromatic rings. The Kier molecular flexibility index (Phi) is 6.78. The largest absolute Gasteiger partial charge is 0.483 e. The zero-order chi connectivity index (χ0) is 19.1. The lowest BCUT2D eigenvalue weighted by atomic mass is 10.0.